The maximum Gasteiger partial charge on any atom is 0.226 e. The van der Waals surface area contributed by atoms with E-state index in [4.69, 9.17) is 14.0 Å². The Bertz CT molecular complexity index is 665. The molecule has 134 valence electrons. The summed E-state index contributed by atoms with van der Waals surface area (Å²) in [6.45, 7) is 4.48. The molecule has 1 aromatic carbocycles. The van der Waals surface area contributed by atoms with Gasteiger partial charge in [-0.2, -0.15) is 0 Å². The van der Waals surface area contributed by atoms with Crippen molar-refractivity contribution in [3.63, 3.8) is 0 Å². The summed E-state index contributed by atoms with van der Waals surface area (Å²) in [7, 11) is 0. The van der Waals surface area contributed by atoms with Crippen molar-refractivity contribution in [3.8, 4) is 0 Å². The fourth-order valence-corrected chi connectivity index (χ4v) is 2.76. The molecule has 25 heavy (non-hydrogen) atoms. The molecule has 1 aliphatic rings. The lowest BCUT2D eigenvalue weighted by molar-refractivity contribution is -0.120. The van der Waals surface area contributed by atoms with E-state index < -0.39 is 0 Å². The minimum Gasteiger partial charge on any atom is -0.381 e. The van der Waals surface area contributed by atoms with Crippen molar-refractivity contribution in [3.05, 3.63) is 53.4 Å². The van der Waals surface area contributed by atoms with Crippen LogP contribution in [-0.4, -0.2) is 30.8 Å². The van der Waals surface area contributed by atoms with E-state index in [1.54, 1.807) is 6.07 Å². The Morgan fingerprint density at radius 1 is 1.40 bits per heavy atom. The maximum atomic E-state index is 12.0. The Morgan fingerprint density at radius 3 is 3.00 bits per heavy atom. The minimum atomic E-state index is -0.0506. The number of ether oxygens (including phenoxy) is 2. The highest BCUT2D eigenvalue weighted by atomic mass is 16.5. The minimum absolute atomic E-state index is 0.0355. The van der Waals surface area contributed by atoms with Crippen molar-refractivity contribution in [2.45, 2.75) is 32.5 Å². The topological polar surface area (TPSA) is 73.6 Å². The third-order valence-electron chi connectivity index (χ3n) is 4.31. The molecule has 2 atom stereocenters. The first-order valence-electron chi connectivity index (χ1n) is 8.66. The molecule has 1 amide bonds. The van der Waals surface area contributed by atoms with Crippen molar-refractivity contribution in [2.75, 3.05) is 19.8 Å². The molecular formula is C19H24N2O4. The van der Waals surface area contributed by atoms with Gasteiger partial charge >= 0.3 is 0 Å². The van der Waals surface area contributed by atoms with Gasteiger partial charge in [0.2, 0.25) is 5.91 Å². The zero-order valence-electron chi connectivity index (χ0n) is 14.4. The average Bonchev–Trinajstić information content (AvgIpc) is 3.30. The molecule has 0 saturated carbocycles. The number of nitrogens with zero attached hydrogens (tertiary/aromatic N) is 1. The molecule has 1 saturated heterocycles. The van der Waals surface area contributed by atoms with E-state index in [9.17, 15) is 4.79 Å². The normalized spacial score (nSPS) is 18.2. The first-order chi connectivity index (χ1) is 12.2. The van der Waals surface area contributed by atoms with Crippen LogP contribution in [0.3, 0.4) is 0 Å². The third-order valence-corrected chi connectivity index (χ3v) is 4.31. The largest absolute Gasteiger partial charge is 0.381 e. The molecule has 1 aliphatic heterocycles. The Hall–Kier alpha value is -2.18. The first kappa shape index (κ1) is 17.6. The van der Waals surface area contributed by atoms with Crippen LogP contribution in [-0.2, 0) is 27.3 Å². The van der Waals surface area contributed by atoms with E-state index in [-0.39, 0.29) is 18.4 Å². The number of rotatable bonds is 8. The zero-order valence-corrected chi connectivity index (χ0v) is 14.4. The van der Waals surface area contributed by atoms with Gasteiger partial charge in [0.15, 0.2) is 5.76 Å². The first-order valence-corrected chi connectivity index (χ1v) is 8.66. The summed E-state index contributed by atoms with van der Waals surface area (Å²) in [6, 6.07) is 11.8. The Balaban J connectivity index is 1.41. The van der Waals surface area contributed by atoms with Crippen LogP contribution in [0, 0.1) is 5.92 Å². The summed E-state index contributed by atoms with van der Waals surface area (Å²) in [6.07, 6.45) is 1.18. The smallest absolute Gasteiger partial charge is 0.226 e. The van der Waals surface area contributed by atoms with Gasteiger partial charge in [-0.3, -0.25) is 4.79 Å². The molecular weight excluding hydrogens is 320 g/mol. The quantitative estimate of drug-likeness (QED) is 0.797. The van der Waals surface area contributed by atoms with Crippen LogP contribution in [0.4, 0.5) is 0 Å². The van der Waals surface area contributed by atoms with Gasteiger partial charge in [-0.1, -0.05) is 35.5 Å². The molecule has 2 aromatic rings. The van der Waals surface area contributed by atoms with Crippen LogP contribution in [0.15, 0.2) is 40.9 Å². The van der Waals surface area contributed by atoms with E-state index >= 15 is 0 Å². The fraction of sp³-hybridized carbons (Fsp3) is 0.474. The van der Waals surface area contributed by atoms with Gasteiger partial charge in [0, 0.05) is 25.1 Å². The predicted molar refractivity (Wildman–Crippen MR) is 91.8 cm³/mol. The Morgan fingerprint density at radius 2 is 2.24 bits per heavy atom. The number of benzene rings is 1. The summed E-state index contributed by atoms with van der Waals surface area (Å²) in [5.41, 5.74) is 1.73. The van der Waals surface area contributed by atoms with Crippen molar-refractivity contribution in [2.24, 2.45) is 5.92 Å². The van der Waals surface area contributed by atoms with E-state index in [1.807, 2.05) is 37.3 Å². The van der Waals surface area contributed by atoms with E-state index in [1.165, 1.54) is 0 Å². The van der Waals surface area contributed by atoms with Crippen molar-refractivity contribution in [1.82, 2.24) is 10.5 Å². The second-order valence-corrected chi connectivity index (χ2v) is 6.36. The Labute approximate surface area is 147 Å². The molecule has 0 radical (unpaired) electrons. The van der Waals surface area contributed by atoms with Crippen molar-refractivity contribution >= 4 is 5.91 Å². The SMILES string of the molecule is CC(OCc1cc(CC(=O)NCC2CCOC2)no1)c1ccccc1. The highest BCUT2D eigenvalue weighted by molar-refractivity contribution is 5.78. The third kappa shape index (κ3) is 5.41. The van der Waals surface area contributed by atoms with Crippen LogP contribution >= 0.6 is 0 Å². The molecule has 6 heteroatoms. The number of hydrogen-bond acceptors (Lipinski definition) is 5. The van der Waals surface area contributed by atoms with Crippen LogP contribution < -0.4 is 5.32 Å². The summed E-state index contributed by atoms with van der Waals surface area (Å²) in [4.78, 5) is 12.0. The molecule has 2 heterocycles. The lowest BCUT2D eigenvalue weighted by Crippen LogP contribution is -2.30. The number of carbonyl (C=O) groups excluding carboxylic acids is 1. The van der Waals surface area contributed by atoms with Gasteiger partial charge in [0.25, 0.3) is 0 Å². The molecule has 1 N–H and O–H groups in total. The van der Waals surface area contributed by atoms with Gasteiger partial charge in [0.05, 0.1) is 24.8 Å². The molecule has 1 aromatic heterocycles. The predicted octanol–water partition coefficient (Wildman–Crippen LogP) is 2.65. The van der Waals surface area contributed by atoms with Gasteiger partial charge in [-0.25, -0.2) is 0 Å². The summed E-state index contributed by atoms with van der Waals surface area (Å²) >= 11 is 0. The molecule has 0 bridgehead atoms. The van der Waals surface area contributed by atoms with E-state index in [0.29, 0.717) is 30.5 Å². The van der Waals surface area contributed by atoms with Crippen LogP contribution in [0.25, 0.3) is 0 Å². The van der Waals surface area contributed by atoms with Gasteiger partial charge in [-0.05, 0) is 18.9 Å². The van der Waals surface area contributed by atoms with Gasteiger partial charge in [0.1, 0.15) is 6.61 Å². The second kappa shape index (κ2) is 8.78. The van der Waals surface area contributed by atoms with Gasteiger partial charge < -0.3 is 19.3 Å². The molecule has 1 fully saturated rings. The molecule has 2 unspecified atom stereocenters. The summed E-state index contributed by atoms with van der Waals surface area (Å²) in [5, 5.41) is 6.87. The van der Waals surface area contributed by atoms with E-state index in [2.05, 4.69) is 10.5 Å². The zero-order chi connectivity index (χ0) is 17.5. The standard InChI is InChI=1S/C19H24N2O4/c1-14(16-5-3-2-4-6-16)24-13-18-9-17(21-25-18)10-19(22)20-11-15-7-8-23-12-15/h2-6,9,14-15H,7-8,10-13H2,1H3,(H,20,22). The van der Waals surface area contributed by atoms with Crippen LogP contribution in [0.2, 0.25) is 0 Å². The second-order valence-electron chi connectivity index (χ2n) is 6.36. The summed E-state index contributed by atoms with van der Waals surface area (Å²) < 4.78 is 16.4. The molecule has 0 aliphatic carbocycles. The number of aromatic nitrogens is 1. The average molecular weight is 344 g/mol. The maximum absolute atomic E-state index is 12.0. The van der Waals surface area contributed by atoms with Crippen molar-refractivity contribution in [1.29, 1.82) is 0 Å². The highest BCUT2D eigenvalue weighted by Gasteiger charge is 2.17. The number of amides is 1. The Kier molecular flexibility index (Phi) is 6.19. The lowest BCUT2D eigenvalue weighted by atomic mass is 10.1. The molecule has 0 spiro atoms. The summed E-state index contributed by atoms with van der Waals surface area (Å²) in [5.74, 6) is 0.991. The molecule has 6 nitrogen and oxygen atoms in total. The molecule has 3 rings (SSSR count). The number of hydrogen-bond donors (Lipinski definition) is 1. The highest BCUT2D eigenvalue weighted by Crippen LogP contribution is 2.18. The van der Waals surface area contributed by atoms with Crippen molar-refractivity contribution < 1.29 is 18.8 Å². The number of nitrogens with one attached hydrogen (secondary N) is 1. The number of carbonyl (C=O) groups is 1. The fourth-order valence-electron chi connectivity index (χ4n) is 2.76. The lowest BCUT2D eigenvalue weighted by Gasteiger charge is -2.11. The van der Waals surface area contributed by atoms with Crippen LogP contribution in [0.5, 0.6) is 0 Å². The monoisotopic (exact) mass is 344 g/mol. The van der Waals surface area contributed by atoms with Gasteiger partial charge in [-0.15, -0.1) is 0 Å². The van der Waals surface area contributed by atoms with E-state index in [0.717, 1.165) is 25.2 Å². The van der Waals surface area contributed by atoms with Crippen LogP contribution in [0.1, 0.15) is 36.5 Å².